The van der Waals surface area contributed by atoms with Crippen molar-refractivity contribution in [3.05, 3.63) is 138 Å². The smallest absolute Gasteiger partial charge is 0.407 e. The van der Waals surface area contributed by atoms with Crippen molar-refractivity contribution in [2.75, 3.05) is 44.7 Å². The highest BCUT2D eigenvalue weighted by Gasteiger charge is 2.52. The molecule has 48 heavy (non-hydrogen) atoms. The summed E-state index contributed by atoms with van der Waals surface area (Å²) in [6, 6.07) is 38.1. The van der Waals surface area contributed by atoms with Gasteiger partial charge in [-0.1, -0.05) is 97.1 Å². The Labute approximate surface area is 280 Å². The van der Waals surface area contributed by atoms with Crippen molar-refractivity contribution < 1.29 is 14.7 Å². The quantitative estimate of drug-likeness (QED) is 0.210. The molecule has 1 N–H and O–H groups in total. The number of carboxylic acid groups (broad SMARTS) is 1. The Morgan fingerprint density at radius 1 is 0.812 bits per heavy atom. The van der Waals surface area contributed by atoms with Crippen LogP contribution in [0.15, 0.2) is 115 Å². The van der Waals surface area contributed by atoms with Crippen LogP contribution in [0.4, 0.5) is 10.5 Å². The Bertz CT molecular complexity index is 1930. The predicted octanol–water partition coefficient (Wildman–Crippen LogP) is 6.70. The van der Waals surface area contributed by atoms with Crippen LogP contribution in [0.3, 0.4) is 0 Å². The van der Waals surface area contributed by atoms with Crippen LogP contribution in [0.2, 0.25) is 0 Å². The van der Waals surface area contributed by atoms with Crippen LogP contribution in [0.5, 0.6) is 0 Å². The molecule has 1 unspecified atom stereocenters. The van der Waals surface area contributed by atoms with Crippen LogP contribution in [0.25, 0.3) is 16.5 Å². The number of carbonyl (C=O) groups excluding carboxylic acids is 1. The lowest BCUT2D eigenvalue weighted by Crippen LogP contribution is -2.38. The molecule has 2 saturated heterocycles. The summed E-state index contributed by atoms with van der Waals surface area (Å²) >= 11 is 0. The van der Waals surface area contributed by atoms with E-state index in [4.69, 9.17) is 5.10 Å². The van der Waals surface area contributed by atoms with Crippen LogP contribution < -0.4 is 4.90 Å². The van der Waals surface area contributed by atoms with Crippen LogP contribution >= 0.6 is 0 Å². The molecular formula is C40H39N5O3. The third-order valence-electron chi connectivity index (χ3n) is 10.7. The number of aromatic nitrogens is 2. The summed E-state index contributed by atoms with van der Waals surface area (Å²) in [5.74, 6) is 0.0188. The predicted molar refractivity (Wildman–Crippen MR) is 188 cm³/mol. The van der Waals surface area contributed by atoms with E-state index < -0.39 is 17.0 Å². The fourth-order valence-corrected chi connectivity index (χ4v) is 8.14. The Morgan fingerprint density at radius 3 is 1.96 bits per heavy atom. The first-order valence-electron chi connectivity index (χ1n) is 16.8. The number of carbonyl (C=O) groups is 2. The van der Waals surface area contributed by atoms with Crippen molar-refractivity contribution in [3.63, 3.8) is 0 Å². The van der Waals surface area contributed by atoms with Gasteiger partial charge in [0.1, 0.15) is 5.54 Å². The highest BCUT2D eigenvalue weighted by Crippen LogP contribution is 2.46. The first-order valence-corrected chi connectivity index (χ1v) is 16.8. The molecule has 8 heteroatoms. The van der Waals surface area contributed by atoms with Gasteiger partial charge in [0, 0.05) is 43.8 Å². The van der Waals surface area contributed by atoms with Gasteiger partial charge in [0.05, 0.1) is 16.6 Å². The number of nitrogens with zero attached hydrogens (tertiary/aromatic N) is 5. The first-order chi connectivity index (χ1) is 23.4. The molecule has 1 spiro atoms. The number of rotatable bonds is 6. The van der Waals surface area contributed by atoms with Crippen molar-refractivity contribution in [1.82, 2.24) is 19.6 Å². The van der Waals surface area contributed by atoms with E-state index in [0.29, 0.717) is 25.9 Å². The average molecular weight is 638 g/mol. The van der Waals surface area contributed by atoms with E-state index in [9.17, 15) is 14.7 Å². The largest absolute Gasteiger partial charge is 0.465 e. The molecule has 5 aromatic rings. The van der Waals surface area contributed by atoms with E-state index in [1.165, 1.54) is 10.5 Å². The van der Waals surface area contributed by atoms with E-state index in [1.54, 1.807) is 0 Å². The fraction of sp³-hybridized carbons (Fsp3) is 0.275. The molecule has 3 aliphatic heterocycles. The highest BCUT2D eigenvalue weighted by molar-refractivity contribution is 6.03. The SMILES string of the molecule is CN1CC=C(c2nn(C(c3ccccc3)(c3ccccc3)c3ccccc3)c3ccc(N4CCC5(CCN(C(=O)O)C5)C4=O)cc23)CC1. The summed E-state index contributed by atoms with van der Waals surface area (Å²) in [5.41, 5.74) is 5.80. The lowest BCUT2D eigenvalue weighted by atomic mass is 9.77. The number of hydrogen-bond acceptors (Lipinski definition) is 4. The molecule has 242 valence electrons. The van der Waals surface area contributed by atoms with Gasteiger partial charge in [-0.2, -0.15) is 5.10 Å². The molecule has 0 bridgehead atoms. The topological polar surface area (TPSA) is 81.9 Å². The number of hydrogen-bond donors (Lipinski definition) is 1. The Morgan fingerprint density at radius 2 is 1.42 bits per heavy atom. The monoisotopic (exact) mass is 637 g/mol. The molecular weight excluding hydrogens is 598 g/mol. The average Bonchev–Trinajstić information content (AvgIpc) is 3.83. The molecule has 8 rings (SSSR count). The van der Waals surface area contributed by atoms with Gasteiger partial charge in [-0.25, -0.2) is 9.48 Å². The summed E-state index contributed by atoms with van der Waals surface area (Å²) in [4.78, 5) is 31.3. The van der Waals surface area contributed by atoms with Crippen LogP contribution in [-0.4, -0.2) is 76.5 Å². The van der Waals surface area contributed by atoms with Gasteiger partial charge in [-0.05, 0) is 66.8 Å². The maximum Gasteiger partial charge on any atom is 0.407 e. The van der Waals surface area contributed by atoms with Gasteiger partial charge < -0.3 is 19.8 Å². The Balaban J connectivity index is 1.35. The zero-order valence-corrected chi connectivity index (χ0v) is 27.1. The minimum absolute atomic E-state index is 0.0188. The molecule has 4 heterocycles. The summed E-state index contributed by atoms with van der Waals surface area (Å²) in [5, 5.41) is 16.2. The Kier molecular flexibility index (Phi) is 7.41. The second kappa shape index (κ2) is 11.8. The van der Waals surface area contributed by atoms with Crippen molar-refractivity contribution in [3.8, 4) is 0 Å². The minimum atomic E-state index is -0.957. The van der Waals surface area contributed by atoms with Gasteiger partial charge in [0.25, 0.3) is 0 Å². The van der Waals surface area contributed by atoms with E-state index in [-0.39, 0.29) is 12.5 Å². The molecule has 1 aromatic heterocycles. The molecule has 1 atom stereocenters. The standard InChI is InChI=1S/C40H39N5O3/c1-42-23-19-29(20-24-42)36-34-27-33(44-26-22-39(37(44)46)21-25-43(28-39)38(47)48)17-18-35(34)45(41-36)40(30-11-5-2-6-12-30,31-13-7-3-8-14-31)32-15-9-4-10-16-32/h2-19,27H,20-26,28H2,1H3,(H,47,48). The number of fused-ring (bicyclic) bond motifs is 1. The lowest BCUT2D eigenvalue weighted by Gasteiger charge is -2.37. The van der Waals surface area contributed by atoms with Gasteiger partial charge in [0.2, 0.25) is 5.91 Å². The molecule has 4 aromatic carbocycles. The highest BCUT2D eigenvalue weighted by atomic mass is 16.4. The number of amides is 2. The van der Waals surface area contributed by atoms with Crippen LogP contribution in [-0.2, 0) is 10.3 Å². The van der Waals surface area contributed by atoms with Crippen molar-refractivity contribution in [1.29, 1.82) is 0 Å². The van der Waals surface area contributed by atoms with Crippen molar-refractivity contribution in [2.45, 2.75) is 24.8 Å². The molecule has 8 nitrogen and oxygen atoms in total. The summed E-state index contributed by atoms with van der Waals surface area (Å²) in [6.07, 6.45) is 3.41. The van der Waals surface area contributed by atoms with Crippen LogP contribution in [0, 0.1) is 5.41 Å². The third kappa shape index (κ3) is 4.73. The first kappa shape index (κ1) is 30.1. The van der Waals surface area contributed by atoms with E-state index >= 15 is 0 Å². The lowest BCUT2D eigenvalue weighted by molar-refractivity contribution is -0.124. The fourth-order valence-electron chi connectivity index (χ4n) is 8.14. The number of anilines is 1. The maximum atomic E-state index is 14.0. The zero-order chi connectivity index (χ0) is 32.9. The number of benzene rings is 4. The van der Waals surface area contributed by atoms with E-state index in [2.05, 4.69) is 108 Å². The molecule has 0 aliphatic carbocycles. The van der Waals surface area contributed by atoms with Crippen molar-refractivity contribution in [2.24, 2.45) is 5.41 Å². The summed E-state index contributed by atoms with van der Waals surface area (Å²) < 4.78 is 2.20. The molecule has 2 fully saturated rings. The van der Waals surface area contributed by atoms with Gasteiger partial charge in [0.15, 0.2) is 0 Å². The van der Waals surface area contributed by atoms with E-state index in [1.807, 2.05) is 29.2 Å². The summed E-state index contributed by atoms with van der Waals surface area (Å²) in [7, 11) is 2.14. The maximum absolute atomic E-state index is 14.0. The van der Waals surface area contributed by atoms with Gasteiger partial charge in [-0.15, -0.1) is 0 Å². The zero-order valence-electron chi connectivity index (χ0n) is 27.1. The molecule has 0 radical (unpaired) electrons. The number of likely N-dealkylation sites (tertiary alicyclic amines) is 1. The third-order valence-corrected chi connectivity index (χ3v) is 10.7. The second-order valence-corrected chi connectivity index (χ2v) is 13.5. The molecule has 3 aliphatic rings. The van der Waals surface area contributed by atoms with E-state index in [0.717, 1.165) is 58.5 Å². The number of likely N-dealkylation sites (N-methyl/N-ethyl adjacent to an activating group) is 1. The van der Waals surface area contributed by atoms with Gasteiger partial charge >= 0.3 is 6.09 Å². The minimum Gasteiger partial charge on any atom is -0.465 e. The second-order valence-electron chi connectivity index (χ2n) is 13.5. The molecule has 2 amide bonds. The summed E-state index contributed by atoms with van der Waals surface area (Å²) in [6.45, 7) is 3.01. The van der Waals surface area contributed by atoms with Crippen molar-refractivity contribution >= 4 is 34.2 Å². The normalized spacial score (nSPS) is 20.2. The van der Waals surface area contributed by atoms with Gasteiger partial charge in [-0.3, -0.25) is 4.79 Å². The van der Waals surface area contributed by atoms with Crippen LogP contribution in [0.1, 0.15) is 41.6 Å². The Hall–Kier alpha value is -5.21. The molecule has 0 saturated carbocycles.